The average Bonchev–Trinajstić information content (AvgIpc) is 2.71. The third kappa shape index (κ3) is 4.81. The molecule has 0 bridgehead atoms. The van der Waals surface area contributed by atoms with Crippen molar-refractivity contribution in [3.63, 3.8) is 0 Å². The summed E-state index contributed by atoms with van der Waals surface area (Å²) in [4.78, 5) is 10.3. The van der Waals surface area contributed by atoms with Crippen molar-refractivity contribution in [2.45, 2.75) is 58.5 Å². The maximum Gasteiger partial charge on any atom is 0.269 e. The highest BCUT2D eigenvalue weighted by molar-refractivity contribution is 5.32. The number of rotatable bonds is 5. The number of nitrogens with one attached hydrogen (secondary N) is 1. The molecule has 0 heterocycles. The summed E-state index contributed by atoms with van der Waals surface area (Å²) in [5, 5.41) is 14.2. The van der Waals surface area contributed by atoms with Crippen LogP contribution in [0.25, 0.3) is 0 Å². The molecule has 116 valence electrons. The molecule has 1 saturated carbocycles. The molecule has 0 radical (unpaired) electrons. The van der Waals surface area contributed by atoms with E-state index in [0.29, 0.717) is 6.04 Å². The Morgan fingerprint density at radius 2 is 1.90 bits per heavy atom. The van der Waals surface area contributed by atoms with Crippen LogP contribution >= 0.6 is 0 Å². The van der Waals surface area contributed by atoms with Crippen molar-refractivity contribution in [3.8, 4) is 0 Å². The number of hydrogen-bond acceptors (Lipinski definition) is 3. The van der Waals surface area contributed by atoms with Gasteiger partial charge in [0, 0.05) is 24.7 Å². The normalized spacial score (nSPS) is 23.0. The molecule has 0 spiro atoms. The fourth-order valence-corrected chi connectivity index (χ4v) is 3.20. The van der Waals surface area contributed by atoms with Crippen LogP contribution in [0.5, 0.6) is 0 Å². The zero-order chi connectivity index (χ0) is 15.2. The molecule has 2 atom stereocenters. The van der Waals surface area contributed by atoms with Crippen LogP contribution in [-0.2, 0) is 6.54 Å². The molecule has 1 fully saturated rings. The van der Waals surface area contributed by atoms with E-state index in [1.165, 1.54) is 32.1 Å². The monoisotopic (exact) mass is 290 g/mol. The number of nitro benzene ring substituents is 1. The first-order chi connectivity index (χ1) is 10.1. The van der Waals surface area contributed by atoms with Crippen LogP contribution in [0.2, 0.25) is 0 Å². The molecule has 0 aromatic heterocycles. The first kappa shape index (κ1) is 16.0. The SMILES string of the molecule is CC(C)C1CCCC(NCc2ccc([N+](=O)[O-])cc2)CC1. The summed E-state index contributed by atoms with van der Waals surface area (Å²) in [7, 11) is 0. The number of non-ortho nitro benzene ring substituents is 1. The molecule has 21 heavy (non-hydrogen) atoms. The lowest BCUT2D eigenvalue weighted by atomic mass is 9.89. The highest BCUT2D eigenvalue weighted by atomic mass is 16.6. The van der Waals surface area contributed by atoms with E-state index >= 15 is 0 Å². The van der Waals surface area contributed by atoms with Gasteiger partial charge in [-0.1, -0.05) is 38.8 Å². The Kier molecular flexibility index (Phi) is 5.74. The van der Waals surface area contributed by atoms with Gasteiger partial charge in [-0.05, 0) is 36.7 Å². The third-order valence-corrected chi connectivity index (χ3v) is 4.70. The lowest BCUT2D eigenvalue weighted by molar-refractivity contribution is -0.384. The molecular weight excluding hydrogens is 264 g/mol. The standard InChI is InChI=1S/C17H26N2O2/c1-13(2)15-4-3-5-16(9-8-15)18-12-14-6-10-17(11-7-14)19(20)21/h6-7,10-11,13,15-16,18H,3-5,8-9,12H2,1-2H3. The molecule has 4 heteroatoms. The van der Waals surface area contributed by atoms with Crippen LogP contribution in [0.4, 0.5) is 5.69 Å². The molecule has 2 unspecified atom stereocenters. The highest BCUT2D eigenvalue weighted by Crippen LogP contribution is 2.28. The zero-order valence-electron chi connectivity index (χ0n) is 13.0. The molecule has 1 aliphatic rings. The molecule has 2 rings (SSSR count). The molecule has 0 aliphatic heterocycles. The lowest BCUT2D eigenvalue weighted by Crippen LogP contribution is -2.28. The molecular formula is C17H26N2O2. The maximum absolute atomic E-state index is 10.6. The van der Waals surface area contributed by atoms with Gasteiger partial charge in [-0.15, -0.1) is 0 Å². The topological polar surface area (TPSA) is 55.2 Å². The largest absolute Gasteiger partial charge is 0.310 e. The first-order valence-electron chi connectivity index (χ1n) is 8.03. The summed E-state index contributed by atoms with van der Waals surface area (Å²) in [5.74, 6) is 1.66. The zero-order valence-corrected chi connectivity index (χ0v) is 13.0. The van der Waals surface area contributed by atoms with E-state index in [9.17, 15) is 10.1 Å². The van der Waals surface area contributed by atoms with Crippen molar-refractivity contribution in [3.05, 3.63) is 39.9 Å². The molecule has 0 amide bonds. The van der Waals surface area contributed by atoms with Crippen LogP contribution in [0.1, 0.15) is 51.5 Å². The Hall–Kier alpha value is -1.42. The third-order valence-electron chi connectivity index (χ3n) is 4.70. The van der Waals surface area contributed by atoms with Crippen molar-refractivity contribution < 1.29 is 4.92 Å². The Labute approximate surface area is 127 Å². The van der Waals surface area contributed by atoms with Crippen molar-refractivity contribution in [2.24, 2.45) is 11.8 Å². The maximum atomic E-state index is 10.6. The van der Waals surface area contributed by atoms with Crippen molar-refractivity contribution in [2.75, 3.05) is 0 Å². The summed E-state index contributed by atoms with van der Waals surface area (Å²) in [6.07, 6.45) is 6.47. The molecule has 0 saturated heterocycles. The van der Waals surface area contributed by atoms with Gasteiger partial charge in [0.1, 0.15) is 0 Å². The molecule has 1 aromatic rings. The van der Waals surface area contributed by atoms with Gasteiger partial charge in [0.05, 0.1) is 4.92 Å². The second kappa shape index (κ2) is 7.55. The summed E-state index contributed by atoms with van der Waals surface area (Å²) in [6, 6.07) is 7.44. The predicted molar refractivity (Wildman–Crippen MR) is 85.1 cm³/mol. The molecule has 1 aliphatic carbocycles. The first-order valence-corrected chi connectivity index (χ1v) is 8.03. The fourth-order valence-electron chi connectivity index (χ4n) is 3.20. The Bertz CT molecular complexity index is 456. The minimum atomic E-state index is -0.353. The summed E-state index contributed by atoms with van der Waals surface area (Å²) in [6.45, 7) is 5.46. The van der Waals surface area contributed by atoms with Crippen LogP contribution < -0.4 is 5.32 Å². The summed E-state index contributed by atoms with van der Waals surface area (Å²) in [5.41, 5.74) is 1.28. The number of nitrogens with zero attached hydrogens (tertiary/aromatic N) is 1. The van der Waals surface area contributed by atoms with E-state index in [0.717, 1.165) is 23.9 Å². The lowest BCUT2D eigenvalue weighted by Gasteiger charge is -2.19. The van der Waals surface area contributed by atoms with Crippen LogP contribution in [-0.4, -0.2) is 11.0 Å². The van der Waals surface area contributed by atoms with Crippen LogP contribution in [0.3, 0.4) is 0 Å². The Morgan fingerprint density at radius 3 is 2.52 bits per heavy atom. The quantitative estimate of drug-likeness (QED) is 0.500. The second-order valence-electron chi connectivity index (χ2n) is 6.51. The number of benzene rings is 1. The summed E-state index contributed by atoms with van der Waals surface area (Å²) < 4.78 is 0. The van der Waals surface area contributed by atoms with Gasteiger partial charge >= 0.3 is 0 Å². The minimum absolute atomic E-state index is 0.160. The van der Waals surface area contributed by atoms with Crippen molar-refractivity contribution >= 4 is 5.69 Å². The van der Waals surface area contributed by atoms with Gasteiger partial charge in [0.2, 0.25) is 0 Å². The second-order valence-corrected chi connectivity index (χ2v) is 6.51. The highest BCUT2D eigenvalue weighted by Gasteiger charge is 2.20. The Balaban J connectivity index is 1.81. The van der Waals surface area contributed by atoms with Gasteiger partial charge in [-0.3, -0.25) is 10.1 Å². The van der Waals surface area contributed by atoms with Gasteiger partial charge in [0.25, 0.3) is 5.69 Å². The number of hydrogen-bond donors (Lipinski definition) is 1. The molecule has 4 nitrogen and oxygen atoms in total. The minimum Gasteiger partial charge on any atom is -0.310 e. The van der Waals surface area contributed by atoms with E-state index in [4.69, 9.17) is 0 Å². The fraction of sp³-hybridized carbons (Fsp3) is 0.647. The Morgan fingerprint density at radius 1 is 1.19 bits per heavy atom. The summed E-state index contributed by atoms with van der Waals surface area (Å²) >= 11 is 0. The van der Waals surface area contributed by atoms with Crippen LogP contribution in [0.15, 0.2) is 24.3 Å². The van der Waals surface area contributed by atoms with E-state index < -0.39 is 0 Å². The van der Waals surface area contributed by atoms with E-state index in [-0.39, 0.29) is 10.6 Å². The average molecular weight is 290 g/mol. The van der Waals surface area contributed by atoms with Gasteiger partial charge < -0.3 is 5.32 Å². The smallest absolute Gasteiger partial charge is 0.269 e. The van der Waals surface area contributed by atoms with Gasteiger partial charge in [0.15, 0.2) is 0 Å². The van der Waals surface area contributed by atoms with Gasteiger partial charge in [-0.25, -0.2) is 0 Å². The van der Waals surface area contributed by atoms with E-state index in [1.807, 2.05) is 12.1 Å². The van der Waals surface area contributed by atoms with Crippen molar-refractivity contribution in [1.82, 2.24) is 5.32 Å². The van der Waals surface area contributed by atoms with Crippen LogP contribution in [0, 0.1) is 22.0 Å². The van der Waals surface area contributed by atoms with Crippen molar-refractivity contribution in [1.29, 1.82) is 0 Å². The van der Waals surface area contributed by atoms with Gasteiger partial charge in [-0.2, -0.15) is 0 Å². The molecule has 1 N–H and O–H groups in total. The van der Waals surface area contributed by atoms with E-state index in [2.05, 4.69) is 19.2 Å². The molecule has 1 aromatic carbocycles. The predicted octanol–water partition coefficient (Wildman–Crippen LogP) is 4.29. The number of nitro groups is 1. The van der Waals surface area contributed by atoms with E-state index in [1.54, 1.807) is 12.1 Å².